The molecule has 2 aromatic carbocycles. The molecule has 0 spiro atoms. The van der Waals surface area contributed by atoms with E-state index in [1.54, 1.807) is 19.3 Å². The summed E-state index contributed by atoms with van der Waals surface area (Å²) in [5, 5.41) is 5.25. The second kappa shape index (κ2) is 10.00. The van der Waals surface area contributed by atoms with Crippen molar-refractivity contribution in [2.45, 2.75) is 20.8 Å². The molecule has 0 aromatic heterocycles. The Morgan fingerprint density at radius 3 is 2.56 bits per heavy atom. The number of methoxy groups -OCH3 is 1. The van der Waals surface area contributed by atoms with Crippen LogP contribution in [0.5, 0.6) is 5.75 Å². The van der Waals surface area contributed by atoms with Gasteiger partial charge in [0.2, 0.25) is 5.91 Å². The van der Waals surface area contributed by atoms with Crippen molar-refractivity contribution in [2.75, 3.05) is 37.0 Å². The van der Waals surface area contributed by atoms with E-state index in [0.29, 0.717) is 17.0 Å². The maximum Gasteiger partial charge on any atom is 0.329 e. The zero-order valence-corrected chi connectivity index (χ0v) is 18.8. The molecular weight excluding hydrogens is 408 g/mol. The highest BCUT2D eigenvalue weighted by molar-refractivity contribution is 6.16. The molecule has 32 heavy (non-hydrogen) atoms. The van der Waals surface area contributed by atoms with Crippen molar-refractivity contribution in [3.05, 3.63) is 59.3 Å². The van der Waals surface area contributed by atoms with E-state index in [1.807, 2.05) is 43.3 Å². The van der Waals surface area contributed by atoms with E-state index in [0.717, 1.165) is 29.2 Å². The number of aryl methyl sites for hydroxylation is 1. The Labute approximate surface area is 187 Å². The minimum atomic E-state index is -0.639. The second-order valence-electron chi connectivity index (χ2n) is 7.40. The monoisotopic (exact) mass is 436 g/mol. The molecule has 1 aliphatic rings. The minimum absolute atomic E-state index is 0.0900. The molecule has 1 saturated heterocycles. The fourth-order valence-corrected chi connectivity index (χ4v) is 3.54. The molecule has 8 nitrogen and oxygen atoms in total. The SMILES string of the molecule is CCN(CC)c1ccc(/C=C2/NC(=O)N(CC(=O)Nc3cccc(C)c3)C2=O)c(OC)c1. The van der Waals surface area contributed by atoms with Gasteiger partial charge in [-0.1, -0.05) is 12.1 Å². The largest absolute Gasteiger partial charge is 0.496 e. The molecule has 0 atom stereocenters. The van der Waals surface area contributed by atoms with E-state index >= 15 is 0 Å². The summed E-state index contributed by atoms with van der Waals surface area (Å²) in [5.41, 5.74) is 3.34. The topological polar surface area (TPSA) is 91.0 Å². The standard InChI is InChI=1S/C24H28N4O4/c1-5-27(6-2)19-11-10-17(21(14-19)32-4)13-20-23(30)28(24(31)26-20)15-22(29)25-18-9-7-8-16(3)12-18/h7-14H,5-6,15H2,1-4H3,(H,25,29)(H,26,31)/b20-13+. The van der Waals surface area contributed by atoms with Crippen molar-refractivity contribution in [1.82, 2.24) is 10.2 Å². The molecule has 2 aromatic rings. The molecule has 0 bridgehead atoms. The van der Waals surface area contributed by atoms with Crippen LogP contribution in [-0.4, -0.2) is 49.5 Å². The molecule has 3 rings (SSSR count). The zero-order chi connectivity index (χ0) is 23.3. The molecule has 168 valence electrons. The third-order valence-corrected chi connectivity index (χ3v) is 5.21. The van der Waals surface area contributed by atoms with Crippen molar-refractivity contribution in [3.8, 4) is 5.75 Å². The van der Waals surface area contributed by atoms with E-state index in [9.17, 15) is 14.4 Å². The summed E-state index contributed by atoms with van der Waals surface area (Å²) >= 11 is 0. The summed E-state index contributed by atoms with van der Waals surface area (Å²) in [7, 11) is 1.56. The molecule has 0 saturated carbocycles. The highest BCUT2D eigenvalue weighted by Crippen LogP contribution is 2.28. The second-order valence-corrected chi connectivity index (χ2v) is 7.40. The van der Waals surface area contributed by atoms with E-state index < -0.39 is 17.8 Å². The van der Waals surface area contributed by atoms with Gasteiger partial charge >= 0.3 is 6.03 Å². The van der Waals surface area contributed by atoms with Crippen LogP contribution in [0.15, 0.2) is 48.2 Å². The number of hydrogen-bond donors (Lipinski definition) is 2. The number of benzene rings is 2. The van der Waals surface area contributed by atoms with E-state index in [4.69, 9.17) is 4.74 Å². The third kappa shape index (κ3) is 5.08. The Bertz CT molecular complexity index is 1060. The number of carbonyl (C=O) groups is 3. The maximum absolute atomic E-state index is 12.8. The fourth-order valence-electron chi connectivity index (χ4n) is 3.54. The molecule has 1 fully saturated rings. The summed E-state index contributed by atoms with van der Waals surface area (Å²) in [5.74, 6) is -0.439. The van der Waals surface area contributed by atoms with Crippen molar-refractivity contribution in [1.29, 1.82) is 0 Å². The average molecular weight is 437 g/mol. The predicted molar refractivity (Wildman–Crippen MR) is 125 cm³/mol. The number of rotatable bonds is 8. The molecule has 1 heterocycles. The Morgan fingerprint density at radius 2 is 1.91 bits per heavy atom. The number of nitrogens with one attached hydrogen (secondary N) is 2. The highest BCUT2D eigenvalue weighted by atomic mass is 16.5. The predicted octanol–water partition coefficient (Wildman–Crippen LogP) is 3.38. The Hall–Kier alpha value is -3.81. The van der Waals surface area contributed by atoms with E-state index in [-0.39, 0.29) is 12.2 Å². The molecule has 1 aliphatic heterocycles. The fraction of sp³-hybridized carbons (Fsp3) is 0.292. The van der Waals surface area contributed by atoms with Gasteiger partial charge in [0.05, 0.1) is 7.11 Å². The van der Waals surface area contributed by atoms with Gasteiger partial charge in [0.15, 0.2) is 0 Å². The van der Waals surface area contributed by atoms with E-state index in [1.165, 1.54) is 0 Å². The van der Waals surface area contributed by atoms with Crippen LogP contribution >= 0.6 is 0 Å². The van der Waals surface area contributed by atoms with Gasteiger partial charge in [0, 0.05) is 36.1 Å². The first-order valence-corrected chi connectivity index (χ1v) is 10.5. The lowest BCUT2D eigenvalue weighted by Gasteiger charge is -2.22. The first kappa shape index (κ1) is 22.9. The summed E-state index contributed by atoms with van der Waals surface area (Å²) in [6.45, 7) is 7.38. The lowest BCUT2D eigenvalue weighted by Crippen LogP contribution is -2.38. The van der Waals surface area contributed by atoms with Gasteiger partial charge in [-0.05, 0) is 56.7 Å². The lowest BCUT2D eigenvalue weighted by atomic mass is 10.1. The number of carbonyl (C=O) groups excluding carboxylic acids is 3. The summed E-state index contributed by atoms with van der Waals surface area (Å²) in [6.07, 6.45) is 1.56. The molecule has 8 heteroatoms. The number of anilines is 2. The quantitative estimate of drug-likeness (QED) is 0.489. The van der Waals surface area contributed by atoms with Gasteiger partial charge in [-0.25, -0.2) is 9.69 Å². The van der Waals surface area contributed by atoms with Crippen LogP contribution in [0.1, 0.15) is 25.0 Å². The van der Waals surface area contributed by atoms with Crippen LogP contribution in [0.4, 0.5) is 16.2 Å². The first-order chi connectivity index (χ1) is 15.4. The van der Waals surface area contributed by atoms with Crippen LogP contribution < -0.4 is 20.3 Å². The van der Waals surface area contributed by atoms with Crippen LogP contribution in [-0.2, 0) is 9.59 Å². The smallest absolute Gasteiger partial charge is 0.329 e. The Kier molecular flexibility index (Phi) is 7.14. The lowest BCUT2D eigenvalue weighted by molar-refractivity contribution is -0.127. The summed E-state index contributed by atoms with van der Waals surface area (Å²) < 4.78 is 5.49. The van der Waals surface area contributed by atoms with Gasteiger partial charge < -0.3 is 20.3 Å². The number of ether oxygens (including phenoxy) is 1. The van der Waals surface area contributed by atoms with Gasteiger partial charge in [0.1, 0.15) is 18.0 Å². The highest BCUT2D eigenvalue weighted by Gasteiger charge is 2.35. The van der Waals surface area contributed by atoms with Crippen LogP contribution in [0.25, 0.3) is 6.08 Å². The molecule has 0 radical (unpaired) electrons. The number of nitrogens with zero attached hydrogens (tertiary/aromatic N) is 2. The van der Waals surface area contributed by atoms with Gasteiger partial charge in [-0.2, -0.15) is 0 Å². The summed E-state index contributed by atoms with van der Waals surface area (Å²) in [4.78, 5) is 40.5. The Morgan fingerprint density at radius 1 is 1.16 bits per heavy atom. The van der Waals surface area contributed by atoms with Crippen LogP contribution in [0.2, 0.25) is 0 Å². The number of urea groups is 1. The van der Waals surface area contributed by atoms with Crippen LogP contribution in [0, 0.1) is 6.92 Å². The molecule has 2 N–H and O–H groups in total. The zero-order valence-electron chi connectivity index (χ0n) is 18.8. The number of amides is 4. The molecule has 0 aliphatic carbocycles. The average Bonchev–Trinajstić information content (AvgIpc) is 3.02. The summed E-state index contributed by atoms with van der Waals surface area (Å²) in [6, 6.07) is 12.3. The molecule has 4 amide bonds. The molecular formula is C24H28N4O4. The Balaban J connectivity index is 1.75. The van der Waals surface area contributed by atoms with Gasteiger partial charge in [-0.15, -0.1) is 0 Å². The normalized spacial score (nSPS) is 14.5. The first-order valence-electron chi connectivity index (χ1n) is 10.5. The van der Waals surface area contributed by atoms with Crippen molar-refractivity contribution in [2.24, 2.45) is 0 Å². The number of hydrogen-bond acceptors (Lipinski definition) is 5. The minimum Gasteiger partial charge on any atom is -0.496 e. The van der Waals surface area contributed by atoms with Crippen molar-refractivity contribution in [3.63, 3.8) is 0 Å². The van der Waals surface area contributed by atoms with Crippen molar-refractivity contribution < 1.29 is 19.1 Å². The number of imide groups is 1. The van der Waals surface area contributed by atoms with Crippen molar-refractivity contribution >= 4 is 35.3 Å². The van der Waals surface area contributed by atoms with Crippen LogP contribution in [0.3, 0.4) is 0 Å². The van der Waals surface area contributed by atoms with Gasteiger partial charge in [-0.3, -0.25) is 9.59 Å². The third-order valence-electron chi connectivity index (χ3n) is 5.21. The maximum atomic E-state index is 12.8. The molecule has 0 unspecified atom stereocenters. The van der Waals surface area contributed by atoms with E-state index in [2.05, 4.69) is 29.4 Å². The van der Waals surface area contributed by atoms with Gasteiger partial charge in [0.25, 0.3) is 5.91 Å².